The minimum atomic E-state index is -0.443. The summed E-state index contributed by atoms with van der Waals surface area (Å²) in [7, 11) is 1.67. The van der Waals surface area contributed by atoms with Crippen LogP contribution in [0.25, 0.3) is 0 Å². The van der Waals surface area contributed by atoms with Gasteiger partial charge in [0.2, 0.25) is 0 Å². The first kappa shape index (κ1) is 15.2. The second-order valence-corrected chi connectivity index (χ2v) is 4.65. The third kappa shape index (κ3) is 4.70. The molecule has 106 valence electrons. The van der Waals surface area contributed by atoms with Gasteiger partial charge in [0, 0.05) is 20.2 Å². The van der Waals surface area contributed by atoms with Crippen LogP contribution in [0, 0.1) is 10.1 Å². The SMILES string of the molecule is CCOC(C)(C)CNc1cc([N+](=O)[O-])cc(NC)n1. The van der Waals surface area contributed by atoms with Crippen LogP contribution in [0.3, 0.4) is 0 Å². The molecule has 7 nitrogen and oxygen atoms in total. The number of rotatable bonds is 7. The van der Waals surface area contributed by atoms with Gasteiger partial charge in [-0.25, -0.2) is 4.98 Å². The Kier molecular flexibility index (Phi) is 5.05. The van der Waals surface area contributed by atoms with E-state index in [0.717, 1.165) is 0 Å². The molecule has 1 aromatic rings. The van der Waals surface area contributed by atoms with Crippen molar-refractivity contribution >= 4 is 17.3 Å². The smallest absolute Gasteiger partial charge is 0.276 e. The van der Waals surface area contributed by atoms with Crippen molar-refractivity contribution in [2.75, 3.05) is 30.8 Å². The molecule has 0 unspecified atom stereocenters. The highest BCUT2D eigenvalue weighted by Gasteiger charge is 2.18. The predicted octanol–water partition coefficient (Wildman–Crippen LogP) is 2.26. The summed E-state index contributed by atoms with van der Waals surface area (Å²) < 4.78 is 5.55. The van der Waals surface area contributed by atoms with Gasteiger partial charge >= 0.3 is 0 Å². The second-order valence-electron chi connectivity index (χ2n) is 4.65. The van der Waals surface area contributed by atoms with Gasteiger partial charge < -0.3 is 15.4 Å². The van der Waals surface area contributed by atoms with E-state index in [9.17, 15) is 10.1 Å². The molecule has 0 bridgehead atoms. The van der Waals surface area contributed by atoms with E-state index < -0.39 is 4.92 Å². The first-order valence-corrected chi connectivity index (χ1v) is 6.10. The summed E-state index contributed by atoms with van der Waals surface area (Å²) in [6.07, 6.45) is 0. The summed E-state index contributed by atoms with van der Waals surface area (Å²) in [4.78, 5) is 14.6. The lowest BCUT2D eigenvalue weighted by Gasteiger charge is -2.25. The molecule has 0 saturated carbocycles. The minimum absolute atomic E-state index is 0.00364. The minimum Gasteiger partial charge on any atom is -0.374 e. The van der Waals surface area contributed by atoms with Crippen molar-refractivity contribution in [2.45, 2.75) is 26.4 Å². The van der Waals surface area contributed by atoms with Crippen LogP contribution in [0.5, 0.6) is 0 Å². The topological polar surface area (TPSA) is 89.3 Å². The van der Waals surface area contributed by atoms with Crippen LogP contribution < -0.4 is 10.6 Å². The molecule has 0 radical (unpaired) electrons. The maximum absolute atomic E-state index is 10.8. The standard InChI is InChI=1S/C12H20N4O3/c1-5-19-12(2,3)8-14-11-7-9(16(17)18)6-10(13-4)15-11/h6-7H,5,8H2,1-4H3,(H2,13,14,15). The first-order chi connectivity index (χ1) is 8.88. The first-order valence-electron chi connectivity index (χ1n) is 6.10. The van der Waals surface area contributed by atoms with Crippen molar-refractivity contribution < 1.29 is 9.66 Å². The van der Waals surface area contributed by atoms with Crippen molar-refractivity contribution in [3.05, 3.63) is 22.2 Å². The molecule has 0 atom stereocenters. The highest BCUT2D eigenvalue weighted by atomic mass is 16.6. The van der Waals surface area contributed by atoms with Crippen molar-refractivity contribution in [3.8, 4) is 0 Å². The molecule has 2 N–H and O–H groups in total. The van der Waals surface area contributed by atoms with Crippen LogP contribution >= 0.6 is 0 Å². The zero-order valence-electron chi connectivity index (χ0n) is 11.7. The Morgan fingerprint density at radius 3 is 2.58 bits per heavy atom. The fraction of sp³-hybridized carbons (Fsp3) is 0.583. The average Bonchev–Trinajstić information content (AvgIpc) is 2.36. The molecule has 1 heterocycles. The van der Waals surface area contributed by atoms with E-state index in [-0.39, 0.29) is 11.3 Å². The molecule has 1 aromatic heterocycles. The van der Waals surface area contributed by atoms with E-state index in [1.807, 2.05) is 20.8 Å². The number of pyridine rings is 1. The number of hydrogen-bond acceptors (Lipinski definition) is 6. The van der Waals surface area contributed by atoms with Gasteiger partial charge in [-0.05, 0) is 20.8 Å². The second kappa shape index (κ2) is 6.33. The van der Waals surface area contributed by atoms with Crippen LogP contribution in [0.4, 0.5) is 17.3 Å². The van der Waals surface area contributed by atoms with Crippen LogP contribution in [-0.4, -0.2) is 35.7 Å². The van der Waals surface area contributed by atoms with Gasteiger partial charge in [0.25, 0.3) is 5.69 Å². The summed E-state index contributed by atoms with van der Waals surface area (Å²) in [5, 5.41) is 16.7. The quantitative estimate of drug-likeness (QED) is 0.582. The third-order valence-corrected chi connectivity index (χ3v) is 2.51. The molecule has 0 aliphatic heterocycles. The van der Waals surface area contributed by atoms with Crippen LogP contribution in [0.15, 0.2) is 12.1 Å². The number of nitrogens with zero attached hydrogens (tertiary/aromatic N) is 2. The molecular formula is C12H20N4O3. The maximum Gasteiger partial charge on any atom is 0.276 e. The maximum atomic E-state index is 10.8. The molecule has 0 aliphatic rings. The van der Waals surface area contributed by atoms with Crippen LogP contribution in [0.1, 0.15) is 20.8 Å². The monoisotopic (exact) mass is 268 g/mol. The Morgan fingerprint density at radius 1 is 1.42 bits per heavy atom. The molecular weight excluding hydrogens is 248 g/mol. The van der Waals surface area contributed by atoms with Crippen LogP contribution in [0.2, 0.25) is 0 Å². The Labute approximate surface area is 112 Å². The summed E-state index contributed by atoms with van der Waals surface area (Å²) in [6, 6.07) is 2.79. The Morgan fingerprint density at radius 2 is 2.05 bits per heavy atom. The molecule has 19 heavy (non-hydrogen) atoms. The molecule has 7 heteroatoms. The fourth-order valence-corrected chi connectivity index (χ4v) is 1.59. The van der Waals surface area contributed by atoms with Gasteiger partial charge in [-0.1, -0.05) is 0 Å². The fourth-order valence-electron chi connectivity index (χ4n) is 1.59. The van der Waals surface area contributed by atoms with Gasteiger partial charge in [-0.3, -0.25) is 10.1 Å². The van der Waals surface area contributed by atoms with E-state index in [4.69, 9.17) is 4.74 Å². The van der Waals surface area contributed by atoms with Crippen LogP contribution in [-0.2, 0) is 4.74 Å². The van der Waals surface area contributed by atoms with Gasteiger partial charge in [-0.2, -0.15) is 0 Å². The summed E-state index contributed by atoms with van der Waals surface area (Å²) in [5.41, 5.74) is -0.364. The summed E-state index contributed by atoms with van der Waals surface area (Å²) in [6.45, 7) is 6.93. The zero-order chi connectivity index (χ0) is 14.5. The van der Waals surface area contributed by atoms with Crippen molar-refractivity contribution in [2.24, 2.45) is 0 Å². The van der Waals surface area contributed by atoms with Gasteiger partial charge in [0.15, 0.2) is 0 Å². The number of ether oxygens (including phenoxy) is 1. The largest absolute Gasteiger partial charge is 0.374 e. The highest BCUT2D eigenvalue weighted by molar-refractivity contribution is 5.54. The molecule has 0 spiro atoms. The molecule has 0 aliphatic carbocycles. The van der Waals surface area contributed by atoms with E-state index in [1.54, 1.807) is 7.05 Å². The lowest BCUT2D eigenvalue weighted by molar-refractivity contribution is -0.384. The van der Waals surface area contributed by atoms with E-state index in [0.29, 0.717) is 24.8 Å². The number of aromatic nitrogens is 1. The van der Waals surface area contributed by atoms with Crippen molar-refractivity contribution in [1.29, 1.82) is 0 Å². The average molecular weight is 268 g/mol. The van der Waals surface area contributed by atoms with Crippen molar-refractivity contribution in [3.63, 3.8) is 0 Å². The van der Waals surface area contributed by atoms with Gasteiger partial charge in [0.05, 0.1) is 22.7 Å². The molecule has 0 saturated heterocycles. The number of nitro groups is 1. The number of hydrogen-bond donors (Lipinski definition) is 2. The molecule has 0 aromatic carbocycles. The van der Waals surface area contributed by atoms with Gasteiger partial charge in [0.1, 0.15) is 11.6 Å². The summed E-state index contributed by atoms with van der Waals surface area (Å²) in [5.74, 6) is 0.900. The van der Waals surface area contributed by atoms with E-state index >= 15 is 0 Å². The lowest BCUT2D eigenvalue weighted by atomic mass is 10.1. The lowest BCUT2D eigenvalue weighted by Crippen LogP contribution is -2.33. The highest BCUT2D eigenvalue weighted by Crippen LogP contribution is 2.21. The van der Waals surface area contributed by atoms with Crippen molar-refractivity contribution in [1.82, 2.24) is 4.98 Å². The zero-order valence-corrected chi connectivity index (χ0v) is 11.7. The van der Waals surface area contributed by atoms with E-state index in [2.05, 4.69) is 15.6 Å². The Bertz CT molecular complexity index is 449. The van der Waals surface area contributed by atoms with Gasteiger partial charge in [-0.15, -0.1) is 0 Å². The molecule has 1 rings (SSSR count). The van der Waals surface area contributed by atoms with E-state index in [1.165, 1.54) is 12.1 Å². The predicted molar refractivity (Wildman–Crippen MR) is 74.6 cm³/mol. The normalized spacial score (nSPS) is 11.2. The summed E-state index contributed by atoms with van der Waals surface area (Å²) >= 11 is 0. The Hall–Kier alpha value is -1.89. The number of anilines is 2. The number of nitrogens with one attached hydrogen (secondary N) is 2. The Balaban J connectivity index is 2.83. The molecule has 0 amide bonds. The molecule has 0 fully saturated rings. The third-order valence-electron chi connectivity index (χ3n) is 2.51.